The van der Waals surface area contributed by atoms with Crippen molar-refractivity contribution in [2.75, 3.05) is 20.8 Å². The fraction of sp³-hybridized carbons (Fsp3) is 0.308. The first-order valence-electron chi connectivity index (χ1n) is 5.39. The third-order valence-corrected chi connectivity index (χ3v) is 2.90. The molecule has 1 aromatic carbocycles. The number of rotatable bonds is 6. The van der Waals surface area contributed by atoms with Gasteiger partial charge in [-0.05, 0) is 18.2 Å². The first kappa shape index (κ1) is 14.7. The second-order valence-corrected chi connectivity index (χ2v) is 4.46. The summed E-state index contributed by atoms with van der Waals surface area (Å²) in [5.74, 6) is 0.262. The lowest BCUT2D eigenvalue weighted by atomic mass is 10.1. The molecule has 0 aliphatic heterocycles. The minimum atomic E-state index is -0.583. The highest BCUT2D eigenvalue weighted by Gasteiger charge is 2.24. The highest BCUT2D eigenvalue weighted by atomic mass is 79.9. The molecule has 0 saturated carbocycles. The number of nitrogens with one attached hydrogen (secondary N) is 1. The van der Waals surface area contributed by atoms with Crippen LogP contribution in [0.5, 0.6) is 5.75 Å². The van der Waals surface area contributed by atoms with Crippen molar-refractivity contribution in [3.8, 4) is 5.75 Å². The number of hydrogen-bond acceptors (Lipinski definition) is 4. The first-order chi connectivity index (χ1) is 8.63. The van der Waals surface area contributed by atoms with Gasteiger partial charge in [0.25, 0.3) is 0 Å². The summed E-state index contributed by atoms with van der Waals surface area (Å²) in [6.07, 6.45) is 1.68. The molecule has 0 bridgehead atoms. The fourth-order valence-electron chi connectivity index (χ4n) is 1.57. The molecule has 98 valence electrons. The molecular weight excluding hydrogens is 298 g/mol. The van der Waals surface area contributed by atoms with E-state index in [1.807, 2.05) is 12.1 Å². The summed E-state index contributed by atoms with van der Waals surface area (Å²) >= 11 is 3.38. The van der Waals surface area contributed by atoms with Crippen molar-refractivity contribution in [1.82, 2.24) is 5.32 Å². The lowest BCUT2D eigenvalue weighted by molar-refractivity contribution is -0.143. The van der Waals surface area contributed by atoms with Crippen molar-refractivity contribution >= 4 is 21.9 Å². The highest BCUT2D eigenvalue weighted by Crippen LogP contribution is 2.29. The van der Waals surface area contributed by atoms with Gasteiger partial charge in [-0.25, -0.2) is 4.79 Å². The number of ether oxygens (including phenoxy) is 2. The van der Waals surface area contributed by atoms with Crippen LogP contribution in [0.15, 0.2) is 35.3 Å². The number of halogens is 1. The average molecular weight is 314 g/mol. The Morgan fingerprint density at radius 1 is 1.56 bits per heavy atom. The Morgan fingerprint density at radius 2 is 2.28 bits per heavy atom. The maximum absolute atomic E-state index is 11.8. The number of benzene rings is 1. The molecule has 0 heterocycles. The second kappa shape index (κ2) is 7.18. The summed E-state index contributed by atoms with van der Waals surface area (Å²) in [7, 11) is 2.92. The topological polar surface area (TPSA) is 47.6 Å². The zero-order chi connectivity index (χ0) is 13.5. The number of methoxy groups -OCH3 is 2. The van der Waals surface area contributed by atoms with E-state index in [4.69, 9.17) is 9.47 Å². The van der Waals surface area contributed by atoms with E-state index >= 15 is 0 Å². The Labute approximate surface area is 115 Å². The first-order valence-corrected chi connectivity index (χ1v) is 6.18. The molecule has 0 fully saturated rings. The van der Waals surface area contributed by atoms with Crippen molar-refractivity contribution in [2.24, 2.45) is 0 Å². The Morgan fingerprint density at radius 3 is 2.83 bits per heavy atom. The van der Waals surface area contributed by atoms with Crippen LogP contribution in [0, 0.1) is 0 Å². The van der Waals surface area contributed by atoms with E-state index in [0.717, 1.165) is 10.0 Å². The molecule has 18 heavy (non-hydrogen) atoms. The van der Waals surface area contributed by atoms with Crippen LogP contribution in [-0.4, -0.2) is 26.7 Å². The Bertz CT molecular complexity index is 434. The van der Waals surface area contributed by atoms with Gasteiger partial charge in [-0.2, -0.15) is 0 Å². The van der Waals surface area contributed by atoms with Crippen LogP contribution in [0.4, 0.5) is 0 Å². The van der Waals surface area contributed by atoms with Crippen LogP contribution in [0.2, 0.25) is 0 Å². The summed E-state index contributed by atoms with van der Waals surface area (Å²) in [6, 6.07) is 4.89. The largest absolute Gasteiger partial charge is 0.496 e. The molecule has 1 rings (SSSR count). The van der Waals surface area contributed by atoms with Gasteiger partial charge in [-0.3, -0.25) is 5.32 Å². The van der Waals surface area contributed by atoms with E-state index in [9.17, 15) is 4.79 Å². The van der Waals surface area contributed by atoms with Crippen LogP contribution in [0.1, 0.15) is 11.6 Å². The van der Waals surface area contributed by atoms with Gasteiger partial charge in [0.2, 0.25) is 0 Å². The normalized spacial score (nSPS) is 11.7. The van der Waals surface area contributed by atoms with Gasteiger partial charge in [-0.15, -0.1) is 6.58 Å². The van der Waals surface area contributed by atoms with Crippen LogP contribution in [0.25, 0.3) is 0 Å². The van der Waals surface area contributed by atoms with Crippen LogP contribution in [0.3, 0.4) is 0 Å². The predicted octanol–water partition coefficient (Wildman–Crippen LogP) is 2.45. The SMILES string of the molecule is C=CCNC(C(=O)OC)c1cc(Br)ccc1OC. The van der Waals surface area contributed by atoms with Crippen molar-refractivity contribution in [3.63, 3.8) is 0 Å². The lowest BCUT2D eigenvalue weighted by Gasteiger charge is -2.18. The number of carbonyl (C=O) groups is 1. The molecule has 0 amide bonds. The third-order valence-electron chi connectivity index (χ3n) is 2.41. The molecule has 1 atom stereocenters. The van der Waals surface area contributed by atoms with E-state index in [1.165, 1.54) is 7.11 Å². The number of esters is 1. The zero-order valence-corrected chi connectivity index (χ0v) is 12.0. The molecule has 1 N–H and O–H groups in total. The summed E-state index contributed by atoms with van der Waals surface area (Å²) < 4.78 is 10.9. The van der Waals surface area contributed by atoms with Gasteiger partial charge in [-0.1, -0.05) is 22.0 Å². The molecule has 1 unspecified atom stereocenters. The van der Waals surface area contributed by atoms with Crippen LogP contribution >= 0.6 is 15.9 Å². The Hall–Kier alpha value is -1.33. The molecule has 0 radical (unpaired) electrons. The molecule has 0 aliphatic carbocycles. The van der Waals surface area contributed by atoms with E-state index in [2.05, 4.69) is 27.8 Å². The fourth-order valence-corrected chi connectivity index (χ4v) is 1.95. The molecule has 0 saturated heterocycles. The molecular formula is C13H16BrNO3. The van der Waals surface area contributed by atoms with E-state index in [0.29, 0.717) is 12.3 Å². The summed E-state index contributed by atoms with van der Waals surface area (Å²) in [5.41, 5.74) is 0.723. The molecule has 0 spiro atoms. The van der Waals surface area contributed by atoms with Gasteiger partial charge in [0.05, 0.1) is 14.2 Å². The standard InChI is InChI=1S/C13H16BrNO3/c1-4-7-15-12(13(16)18-3)10-8-9(14)5-6-11(10)17-2/h4-6,8,12,15H,1,7H2,2-3H3. The minimum Gasteiger partial charge on any atom is -0.496 e. The number of hydrogen-bond donors (Lipinski definition) is 1. The molecule has 4 nitrogen and oxygen atoms in total. The van der Waals surface area contributed by atoms with Gasteiger partial charge in [0.15, 0.2) is 0 Å². The van der Waals surface area contributed by atoms with Crippen molar-refractivity contribution in [2.45, 2.75) is 6.04 Å². The van der Waals surface area contributed by atoms with Gasteiger partial charge in [0.1, 0.15) is 11.8 Å². The Balaban J connectivity index is 3.13. The monoisotopic (exact) mass is 313 g/mol. The molecule has 5 heteroatoms. The van der Waals surface area contributed by atoms with Crippen molar-refractivity contribution in [3.05, 3.63) is 40.9 Å². The molecule has 0 aromatic heterocycles. The predicted molar refractivity (Wildman–Crippen MR) is 73.7 cm³/mol. The van der Waals surface area contributed by atoms with Crippen LogP contribution < -0.4 is 10.1 Å². The third kappa shape index (κ3) is 3.58. The van der Waals surface area contributed by atoms with Gasteiger partial charge < -0.3 is 9.47 Å². The number of carbonyl (C=O) groups excluding carboxylic acids is 1. The van der Waals surface area contributed by atoms with E-state index in [1.54, 1.807) is 19.3 Å². The lowest BCUT2D eigenvalue weighted by Crippen LogP contribution is -2.30. The highest BCUT2D eigenvalue weighted by molar-refractivity contribution is 9.10. The van der Waals surface area contributed by atoms with Gasteiger partial charge >= 0.3 is 5.97 Å². The smallest absolute Gasteiger partial charge is 0.327 e. The van der Waals surface area contributed by atoms with E-state index in [-0.39, 0.29) is 5.97 Å². The summed E-state index contributed by atoms with van der Waals surface area (Å²) in [6.45, 7) is 4.11. The summed E-state index contributed by atoms with van der Waals surface area (Å²) in [4.78, 5) is 11.8. The average Bonchev–Trinajstić information content (AvgIpc) is 2.39. The minimum absolute atomic E-state index is 0.367. The van der Waals surface area contributed by atoms with Crippen molar-refractivity contribution in [1.29, 1.82) is 0 Å². The maximum atomic E-state index is 11.8. The Kier molecular flexibility index (Phi) is 5.88. The molecule has 0 aliphatic rings. The van der Waals surface area contributed by atoms with Crippen LogP contribution in [-0.2, 0) is 9.53 Å². The van der Waals surface area contributed by atoms with Crippen molar-refractivity contribution < 1.29 is 14.3 Å². The second-order valence-electron chi connectivity index (χ2n) is 3.54. The summed E-state index contributed by atoms with van der Waals surface area (Å²) in [5, 5.41) is 3.04. The zero-order valence-electron chi connectivity index (χ0n) is 10.4. The maximum Gasteiger partial charge on any atom is 0.327 e. The quantitative estimate of drug-likeness (QED) is 0.647. The van der Waals surface area contributed by atoms with E-state index < -0.39 is 6.04 Å². The van der Waals surface area contributed by atoms with Gasteiger partial charge in [0, 0.05) is 16.6 Å². The molecule has 1 aromatic rings.